The fourth-order valence-corrected chi connectivity index (χ4v) is 1.62. The molecule has 1 saturated heterocycles. The highest BCUT2D eigenvalue weighted by atomic mass is 79.9. The second kappa shape index (κ2) is 3.72. The number of hydrogen-bond donors (Lipinski definition) is 0. The fourth-order valence-electron chi connectivity index (χ4n) is 1.10. The van der Waals surface area contributed by atoms with Crippen molar-refractivity contribution in [3.63, 3.8) is 0 Å². The lowest BCUT2D eigenvalue weighted by atomic mass is 10.2. The molecule has 1 unspecified atom stereocenters. The summed E-state index contributed by atoms with van der Waals surface area (Å²) in [6, 6.07) is 1.95. The van der Waals surface area contributed by atoms with E-state index in [0.29, 0.717) is 6.61 Å². The first-order chi connectivity index (χ1) is 7.00. The van der Waals surface area contributed by atoms with E-state index in [2.05, 4.69) is 15.9 Å². The Hall–Kier alpha value is -0.680. The molecule has 1 atom stereocenters. The van der Waals surface area contributed by atoms with Gasteiger partial charge in [0.15, 0.2) is 11.6 Å². The van der Waals surface area contributed by atoms with Crippen LogP contribution in [0.25, 0.3) is 0 Å². The molecule has 0 aromatic heterocycles. The summed E-state index contributed by atoms with van der Waals surface area (Å²) in [5, 5.41) is 0. The Labute approximate surface area is 94.3 Å². The van der Waals surface area contributed by atoms with Crippen LogP contribution in [0.5, 0.6) is 5.75 Å². The molecule has 0 spiro atoms. The molecular formula is C10H9BrF2O2. The molecule has 0 N–H and O–H groups in total. The molecule has 1 aromatic carbocycles. The van der Waals surface area contributed by atoms with Crippen LogP contribution < -0.4 is 4.74 Å². The Morgan fingerprint density at radius 1 is 1.53 bits per heavy atom. The summed E-state index contributed by atoms with van der Waals surface area (Å²) in [6.45, 7) is 2.73. The zero-order valence-corrected chi connectivity index (χ0v) is 9.61. The summed E-state index contributed by atoms with van der Waals surface area (Å²) in [7, 11) is 0. The van der Waals surface area contributed by atoms with Crippen molar-refractivity contribution >= 4 is 15.9 Å². The van der Waals surface area contributed by atoms with Crippen LogP contribution in [0.15, 0.2) is 16.6 Å². The van der Waals surface area contributed by atoms with Gasteiger partial charge >= 0.3 is 0 Å². The van der Waals surface area contributed by atoms with Gasteiger partial charge in [0.2, 0.25) is 0 Å². The third-order valence-electron chi connectivity index (χ3n) is 2.12. The zero-order valence-electron chi connectivity index (χ0n) is 8.02. The van der Waals surface area contributed by atoms with E-state index in [-0.39, 0.29) is 22.4 Å². The van der Waals surface area contributed by atoms with Crippen LogP contribution in [-0.4, -0.2) is 18.8 Å². The Balaban J connectivity index is 2.13. The Morgan fingerprint density at radius 3 is 2.73 bits per heavy atom. The maximum absolute atomic E-state index is 13.3. The predicted molar refractivity (Wildman–Crippen MR) is 53.9 cm³/mol. The van der Waals surface area contributed by atoms with Crippen molar-refractivity contribution in [3.05, 3.63) is 28.2 Å². The first-order valence-electron chi connectivity index (χ1n) is 4.41. The first-order valence-corrected chi connectivity index (χ1v) is 5.21. The minimum atomic E-state index is -0.717. The van der Waals surface area contributed by atoms with Crippen LogP contribution in [0.2, 0.25) is 0 Å². The molecule has 1 heterocycles. The van der Waals surface area contributed by atoms with Crippen molar-refractivity contribution in [2.24, 2.45) is 0 Å². The highest BCUT2D eigenvalue weighted by molar-refractivity contribution is 9.10. The summed E-state index contributed by atoms with van der Waals surface area (Å²) >= 11 is 3.04. The number of rotatable bonds is 3. The van der Waals surface area contributed by atoms with Crippen LogP contribution in [0.1, 0.15) is 6.92 Å². The lowest BCUT2D eigenvalue weighted by Crippen LogP contribution is -2.17. The van der Waals surface area contributed by atoms with Gasteiger partial charge in [-0.2, -0.15) is 0 Å². The second-order valence-electron chi connectivity index (χ2n) is 3.73. The van der Waals surface area contributed by atoms with E-state index < -0.39 is 11.6 Å². The summed E-state index contributed by atoms with van der Waals surface area (Å²) in [5.74, 6) is -1.33. The molecule has 0 amide bonds. The number of benzene rings is 1. The van der Waals surface area contributed by atoms with E-state index in [1.165, 1.54) is 0 Å². The average Bonchev–Trinajstić information content (AvgIpc) is 2.82. The molecule has 0 radical (unpaired) electrons. The van der Waals surface area contributed by atoms with Crippen LogP contribution >= 0.6 is 15.9 Å². The molecule has 1 aliphatic rings. The van der Waals surface area contributed by atoms with Crippen molar-refractivity contribution in [2.75, 3.05) is 13.2 Å². The van der Waals surface area contributed by atoms with E-state index in [1.807, 2.05) is 6.92 Å². The third-order valence-corrected chi connectivity index (χ3v) is 2.71. The molecule has 1 fully saturated rings. The molecule has 82 valence electrons. The first kappa shape index (κ1) is 10.8. The molecular weight excluding hydrogens is 270 g/mol. The van der Waals surface area contributed by atoms with E-state index >= 15 is 0 Å². The highest BCUT2D eigenvalue weighted by Crippen LogP contribution is 2.32. The molecule has 1 aliphatic heterocycles. The molecule has 1 aromatic rings. The van der Waals surface area contributed by atoms with E-state index in [0.717, 1.165) is 12.1 Å². The fraction of sp³-hybridized carbons (Fsp3) is 0.400. The Kier molecular flexibility index (Phi) is 2.68. The standard InChI is InChI=1S/C10H9BrF2O2/c1-10(5-15-10)4-14-9-7(11)2-6(12)3-8(9)13/h2-3H,4-5H2,1H3. The molecule has 0 saturated carbocycles. The number of epoxide rings is 1. The van der Waals surface area contributed by atoms with Gasteiger partial charge in [-0.15, -0.1) is 0 Å². The summed E-state index contributed by atoms with van der Waals surface area (Å²) in [4.78, 5) is 0. The summed E-state index contributed by atoms with van der Waals surface area (Å²) in [6.07, 6.45) is 0. The SMILES string of the molecule is CC1(COc2c(F)cc(F)cc2Br)CO1. The number of ether oxygens (including phenoxy) is 2. The second-order valence-corrected chi connectivity index (χ2v) is 4.58. The van der Waals surface area contributed by atoms with Gasteiger partial charge in [0.25, 0.3) is 0 Å². The topological polar surface area (TPSA) is 21.8 Å². The van der Waals surface area contributed by atoms with Crippen molar-refractivity contribution < 1.29 is 18.3 Å². The minimum absolute atomic E-state index is 0.0214. The molecule has 15 heavy (non-hydrogen) atoms. The van der Waals surface area contributed by atoms with Crippen LogP contribution in [0.3, 0.4) is 0 Å². The smallest absolute Gasteiger partial charge is 0.169 e. The van der Waals surface area contributed by atoms with Gasteiger partial charge < -0.3 is 9.47 Å². The number of halogens is 3. The largest absolute Gasteiger partial charge is 0.486 e. The van der Waals surface area contributed by atoms with Gasteiger partial charge in [-0.3, -0.25) is 0 Å². The van der Waals surface area contributed by atoms with E-state index in [9.17, 15) is 8.78 Å². The van der Waals surface area contributed by atoms with Crippen LogP contribution in [-0.2, 0) is 4.74 Å². The minimum Gasteiger partial charge on any atom is -0.486 e. The van der Waals surface area contributed by atoms with Crippen LogP contribution in [0.4, 0.5) is 8.78 Å². The lowest BCUT2D eigenvalue weighted by molar-refractivity contribution is 0.195. The van der Waals surface area contributed by atoms with Gasteiger partial charge in [0.05, 0.1) is 11.1 Å². The highest BCUT2D eigenvalue weighted by Gasteiger charge is 2.40. The zero-order chi connectivity index (χ0) is 11.1. The average molecular weight is 279 g/mol. The Morgan fingerprint density at radius 2 is 2.20 bits per heavy atom. The maximum Gasteiger partial charge on any atom is 0.169 e. The van der Waals surface area contributed by atoms with Crippen molar-refractivity contribution in [1.29, 1.82) is 0 Å². The molecule has 0 aliphatic carbocycles. The quantitative estimate of drug-likeness (QED) is 0.793. The molecule has 2 rings (SSSR count). The predicted octanol–water partition coefficient (Wildman–Crippen LogP) is 2.90. The van der Waals surface area contributed by atoms with Gasteiger partial charge in [0, 0.05) is 6.07 Å². The summed E-state index contributed by atoms with van der Waals surface area (Å²) < 4.78 is 36.6. The molecule has 5 heteroatoms. The van der Waals surface area contributed by atoms with Gasteiger partial charge in [-0.1, -0.05) is 0 Å². The summed E-state index contributed by atoms with van der Waals surface area (Å²) in [5.41, 5.74) is -0.319. The third kappa shape index (κ3) is 2.46. The number of hydrogen-bond acceptors (Lipinski definition) is 2. The monoisotopic (exact) mass is 278 g/mol. The van der Waals surface area contributed by atoms with Gasteiger partial charge in [-0.05, 0) is 28.9 Å². The van der Waals surface area contributed by atoms with E-state index in [1.54, 1.807) is 0 Å². The van der Waals surface area contributed by atoms with E-state index in [4.69, 9.17) is 9.47 Å². The van der Waals surface area contributed by atoms with Gasteiger partial charge in [0.1, 0.15) is 18.0 Å². The van der Waals surface area contributed by atoms with Crippen molar-refractivity contribution in [1.82, 2.24) is 0 Å². The van der Waals surface area contributed by atoms with Crippen LogP contribution in [0, 0.1) is 11.6 Å². The molecule has 2 nitrogen and oxygen atoms in total. The van der Waals surface area contributed by atoms with Crippen molar-refractivity contribution in [2.45, 2.75) is 12.5 Å². The molecule has 0 bridgehead atoms. The van der Waals surface area contributed by atoms with Gasteiger partial charge in [-0.25, -0.2) is 8.78 Å². The normalized spacial score (nSPS) is 24.0. The maximum atomic E-state index is 13.3. The van der Waals surface area contributed by atoms with Crippen molar-refractivity contribution in [3.8, 4) is 5.75 Å². The lowest BCUT2D eigenvalue weighted by Gasteiger charge is -2.11. The Bertz CT molecular complexity index is 368.